The summed E-state index contributed by atoms with van der Waals surface area (Å²) in [5, 5.41) is 0. The molecule has 6 heteroatoms. The van der Waals surface area contributed by atoms with E-state index >= 15 is 0 Å². The number of hydrogen-bond acceptors (Lipinski definition) is 2. The van der Waals surface area contributed by atoms with Gasteiger partial charge in [-0.05, 0) is 0 Å². The minimum atomic E-state index is -3.79. The number of hydrogen-bond donors (Lipinski definition) is 0. The van der Waals surface area contributed by atoms with Crippen LogP contribution in [0.3, 0.4) is 0 Å². The van der Waals surface area contributed by atoms with Crippen LogP contribution in [0, 0.1) is 0 Å². The molecule has 0 aromatic carbocycles. The molecule has 0 aromatic rings. The summed E-state index contributed by atoms with van der Waals surface area (Å²) in [5.74, 6) is -0.527. The first-order valence-electron chi connectivity index (χ1n) is 1.68. The van der Waals surface area contributed by atoms with Crippen molar-refractivity contribution in [2.45, 2.75) is 6.92 Å². The predicted molar refractivity (Wildman–Crippen MR) is 35.1 cm³/mol. The van der Waals surface area contributed by atoms with Crippen molar-refractivity contribution in [3.8, 4) is 0 Å². The molecule has 0 saturated heterocycles. The second-order valence-corrected chi connectivity index (χ2v) is 18.8. The molecule has 0 fully saturated rings. The first-order valence-corrected chi connectivity index (χ1v) is 13.7. The number of carbonyl (C=O) groups excluding carboxylic acids is 1. The van der Waals surface area contributed by atoms with Crippen molar-refractivity contribution in [3.05, 3.63) is 0 Å². The van der Waals surface area contributed by atoms with Gasteiger partial charge in [-0.3, -0.25) is 0 Å². The van der Waals surface area contributed by atoms with E-state index < -0.39 is 21.4 Å². The summed E-state index contributed by atoms with van der Waals surface area (Å²) in [6.45, 7) is 1.21. The molecular formula is C2H3Cl3O2Sn. The van der Waals surface area contributed by atoms with E-state index in [0.29, 0.717) is 0 Å². The molecule has 0 aromatic heterocycles. The molecule has 2 nitrogen and oxygen atoms in total. The van der Waals surface area contributed by atoms with Crippen LogP contribution < -0.4 is 0 Å². The molecule has 0 aliphatic rings. The van der Waals surface area contributed by atoms with Gasteiger partial charge >= 0.3 is 62.9 Å². The standard InChI is InChI=1S/C2H4O2.3ClH.Sn/c1-2(3)4;;;;/h1H3,(H,3,4);3*1H;/q;;;;+4/p-4. The van der Waals surface area contributed by atoms with Gasteiger partial charge in [0.2, 0.25) is 0 Å². The Bertz CT molecular complexity index is 97.9. The maximum atomic E-state index is 10.0. The fraction of sp³-hybridized carbons (Fsp3) is 0.500. The average Bonchev–Trinajstić information content (AvgIpc) is 1.21. The van der Waals surface area contributed by atoms with Gasteiger partial charge in [0.05, 0.1) is 0 Å². The fourth-order valence-corrected chi connectivity index (χ4v) is 3.28. The average molecular weight is 284 g/mol. The Morgan fingerprint density at radius 3 is 1.88 bits per heavy atom. The van der Waals surface area contributed by atoms with Crippen molar-refractivity contribution >= 4 is 48.1 Å². The zero-order chi connectivity index (χ0) is 6.78. The molecule has 0 saturated carbocycles. The van der Waals surface area contributed by atoms with Crippen LogP contribution in [0.4, 0.5) is 0 Å². The van der Waals surface area contributed by atoms with Gasteiger partial charge in [-0.2, -0.15) is 0 Å². The van der Waals surface area contributed by atoms with Crippen molar-refractivity contribution in [1.82, 2.24) is 0 Å². The van der Waals surface area contributed by atoms with Crippen LogP contribution in [-0.2, 0) is 7.87 Å². The van der Waals surface area contributed by atoms with E-state index in [2.05, 4.69) is 3.07 Å². The molecule has 0 aliphatic carbocycles. The molecule has 48 valence electrons. The zero-order valence-corrected chi connectivity index (χ0v) is 9.07. The quantitative estimate of drug-likeness (QED) is 0.685. The normalized spacial score (nSPS) is 11.0. The number of rotatable bonds is 1. The van der Waals surface area contributed by atoms with Gasteiger partial charge in [-0.25, -0.2) is 0 Å². The maximum absolute atomic E-state index is 10.0. The Hall–Kier alpha value is 1.14. The molecule has 0 atom stereocenters. The van der Waals surface area contributed by atoms with E-state index in [-0.39, 0.29) is 0 Å². The molecule has 8 heavy (non-hydrogen) atoms. The summed E-state index contributed by atoms with van der Waals surface area (Å²) < 4.78 is 4.30. The van der Waals surface area contributed by atoms with Crippen LogP contribution in [0.1, 0.15) is 6.92 Å². The SMILES string of the molecule is CC(=O)[O][Sn]([Cl])([Cl])[Cl]. The van der Waals surface area contributed by atoms with Crippen LogP contribution in [-0.4, -0.2) is 21.4 Å². The monoisotopic (exact) mass is 284 g/mol. The summed E-state index contributed by atoms with van der Waals surface area (Å²) in [4.78, 5) is 10.0. The van der Waals surface area contributed by atoms with Gasteiger partial charge in [-0.1, -0.05) is 0 Å². The Labute approximate surface area is 62.6 Å². The first-order chi connectivity index (χ1) is 3.42. The summed E-state index contributed by atoms with van der Waals surface area (Å²) in [6, 6.07) is 0. The molecule has 0 spiro atoms. The Morgan fingerprint density at radius 2 is 1.88 bits per heavy atom. The summed E-state index contributed by atoms with van der Waals surface area (Å²) >= 11 is -3.79. The van der Waals surface area contributed by atoms with Gasteiger partial charge in [0.15, 0.2) is 0 Å². The van der Waals surface area contributed by atoms with Gasteiger partial charge in [0.1, 0.15) is 0 Å². The van der Waals surface area contributed by atoms with Gasteiger partial charge in [0, 0.05) is 0 Å². The second-order valence-electron chi connectivity index (χ2n) is 1.04. The molecule has 0 heterocycles. The topological polar surface area (TPSA) is 26.3 Å². The fourth-order valence-electron chi connectivity index (χ4n) is 0.163. The van der Waals surface area contributed by atoms with Crippen molar-refractivity contribution < 1.29 is 7.87 Å². The second kappa shape index (κ2) is 3.34. The number of carbonyl (C=O) groups is 1. The van der Waals surface area contributed by atoms with Crippen LogP contribution >= 0.6 is 26.8 Å². The third-order valence-corrected chi connectivity index (χ3v) is 3.29. The van der Waals surface area contributed by atoms with Crippen LogP contribution in [0.5, 0.6) is 0 Å². The molecule has 0 radical (unpaired) electrons. The molecular weight excluding hydrogens is 281 g/mol. The zero-order valence-electron chi connectivity index (χ0n) is 3.95. The third kappa shape index (κ3) is 7.14. The van der Waals surface area contributed by atoms with Gasteiger partial charge in [0.25, 0.3) is 0 Å². The van der Waals surface area contributed by atoms with Crippen LogP contribution in [0.2, 0.25) is 0 Å². The Kier molecular flexibility index (Phi) is 3.82. The van der Waals surface area contributed by atoms with Gasteiger partial charge < -0.3 is 0 Å². The Balaban J connectivity index is 3.55. The van der Waals surface area contributed by atoms with Gasteiger partial charge in [-0.15, -0.1) is 0 Å². The van der Waals surface area contributed by atoms with Crippen molar-refractivity contribution in [1.29, 1.82) is 0 Å². The first kappa shape index (κ1) is 9.14. The van der Waals surface area contributed by atoms with E-state index in [1.165, 1.54) is 6.92 Å². The predicted octanol–water partition coefficient (Wildman–Crippen LogP) is 1.70. The number of halogens is 3. The summed E-state index contributed by atoms with van der Waals surface area (Å²) in [5.41, 5.74) is 0. The van der Waals surface area contributed by atoms with Crippen LogP contribution in [0.15, 0.2) is 0 Å². The van der Waals surface area contributed by atoms with Crippen molar-refractivity contribution in [2.24, 2.45) is 0 Å². The molecule has 0 aliphatic heterocycles. The van der Waals surface area contributed by atoms with E-state index in [9.17, 15) is 4.79 Å². The summed E-state index contributed by atoms with van der Waals surface area (Å²) in [7, 11) is 15.7. The molecule has 0 rings (SSSR count). The van der Waals surface area contributed by atoms with E-state index in [1.54, 1.807) is 0 Å². The van der Waals surface area contributed by atoms with Crippen molar-refractivity contribution in [3.63, 3.8) is 0 Å². The molecule has 0 bridgehead atoms. The molecule has 0 unspecified atom stereocenters. The third-order valence-electron chi connectivity index (χ3n) is 0.259. The van der Waals surface area contributed by atoms with Crippen LogP contribution in [0.25, 0.3) is 0 Å². The van der Waals surface area contributed by atoms with E-state index in [1.807, 2.05) is 0 Å². The summed E-state index contributed by atoms with van der Waals surface area (Å²) in [6.07, 6.45) is 0. The van der Waals surface area contributed by atoms with E-state index in [0.717, 1.165) is 0 Å². The minimum absolute atomic E-state index is 0.527. The molecule has 0 amide bonds. The van der Waals surface area contributed by atoms with E-state index in [4.69, 9.17) is 26.8 Å². The van der Waals surface area contributed by atoms with Crippen molar-refractivity contribution in [2.75, 3.05) is 0 Å². The molecule has 0 N–H and O–H groups in total. The Morgan fingerprint density at radius 1 is 1.50 bits per heavy atom.